The highest BCUT2D eigenvalue weighted by atomic mass is 35.5. The molecule has 0 bridgehead atoms. The van der Waals surface area contributed by atoms with Crippen LogP contribution in [0.15, 0.2) is 101 Å². The molecule has 3 aromatic carbocycles. The molecule has 0 amide bonds. The summed E-state index contributed by atoms with van der Waals surface area (Å²) in [4.78, 5) is 15.5. The van der Waals surface area contributed by atoms with Gasteiger partial charge in [-0.25, -0.2) is 18.2 Å². The van der Waals surface area contributed by atoms with Crippen LogP contribution in [-0.4, -0.2) is 42.7 Å². The molecule has 1 heterocycles. The Hall–Kier alpha value is -3.76. The molecule has 0 fully saturated rings. The number of carboxylic acids is 1. The maximum absolute atomic E-state index is 13.1. The van der Waals surface area contributed by atoms with E-state index in [1.807, 2.05) is 6.07 Å². The SMILES string of the molecule is O=C(O)c1cccnc1Oc1ccc(S(=O)(=O)c2ccc(CCNC[C@@H](O)c3cccc(Cl)c3)cc2)cc1. The van der Waals surface area contributed by atoms with Gasteiger partial charge in [-0.05, 0) is 84.8 Å². The van der Waals surface area contributed by atoms with Crippen molar-refractivity contribution < 1.29 is 28.2 Å². The van der Waals surface area contributed by atoms with Gasteiger partial charge in [0, 0.05) is 17.8 Å². The summed E-state index contributed by atoms with van der Waals surface area (Å²) in [6, 6.07) is 22.3. The van der Waals surface area contributed by atoms with Crippen LogP contribution in [0.25, 0.3) is 0 Å². The highest BCUT2D eigenvalue weighted by molar-refractivity contribution is 7.91. The Morgan fingerprint density at radius 3 is 2.32 bits per heavy atom. The monoisotopic (exact) mass is 552 g/mol. The van der Waals surface area contributed by atoms with E-state index >= 15 is 0 Å². The molecule has 3 N–H and O–H groups in total. The topological polar surface area (TPSA) is 126 Å². The van der Waals surface area contributed by atoms with Crippen molar-refractivity contribution in [2.24, 2.45) is 0 Å². The van der Waals surface area contributed by atoms with E-state index in [9.17, 15) is 23.4 Å². The first-order valence-corrected chi connectivity index (χ1v) is 13.5. The van der Waals surface area contributed by atoms with E-state index in [1.165, 1.54) is 42.6 Å². The average Bonchev–Trinajstić information content (AvgIpc) is 2.92. The number of aliphatic hydroxyl groups excluding tert-OH is 1. The minimum absolute atomic E-state index is 0.0775. The Morgan fingerprint density at radius 2 is 1.66 bits per heavy atom. The first-order chi connectivity index (χ1) is 18.2. The second-order valence-electron chi connectivity index (χ2n) is 8.41. The van der Waals surface area contributed by atoms with Crippen LogP contribution in [0.4, 0.5) is 0 Å². The number of hydrogen-bond acceptors (Lipinski definition) is 7. The van der Waals surface area contributed by atoms with Gasteiger partial charge in [0.2, 0.25) is 15.7 Å². The number of carboxylic acid groups (broad SMARTS) is 1. The number of hydrogen-bond donors (Lipinski definition) is 3. The van der Waals surface area contributed by atoms with Crippen LogP contribution in [-0.2, 0) is 16.3 Å². The molecule has 1 atom stereocenters. The van der Waals surface area contributed by atoms with E-state index < -0.39 is 21.9 Å². The first kappa shape index (κ1) is 27.3. The zero-order valence-electron chi connectivity index (χ0n) is 20.1. The quantitative estimate of drug-likeness (QED) is 0.224. The molecule has 10 heteroatoms. The molecule has 4 aromatic rings. The van der Waals surface area contributed by atoms with Crippen LogP contribution in [0.2, 0.25) is 5.02 Å². The van der Waals surface area contributed by atoms with E-state index in [4.69, 9.17) is 16.3 Å². The van der Waals surface area contributed by atoms with Crippen molar-refractivity contribution in [3.05, 3.63) is 113 Å². The Bertz CT molecular complexity index is 1510. The Labute approximate surface area is 225 Å². The third-order valence-electron chi connectivity index (χ3n) is 5.75. The van der Waals surface area contributed by atoms with Crippen molar-refractivity contribution in [2.75, 3.05) is 13.1 Å². The van der Waals surface area contributed by atoms with E-state index in [0.717, 1.165) is 11.1 Å². The molecule has 8 nitrogen and oxygen atoms in total. The predicted molar refractivity (Wildman–Crippen MR) is 143 cm³/mol. The summed E-state index contributed by atoms with van der Waals surface area (Å²) in [5.41, 5.74) is 1.58. The number of aromatic nitrogens is 1. The van der Waals surface area contributed by atoms with Crippen molar-refractivity contribution in [2.45, 2.75) is 22.3 Å². The minimum Gasteiger partial charge on any atom is -0.477 e. The zero-order valence-corrected chi connectivity index (χ0v) is 21.7. The summed E-state index contributed by atoms with van der Waals surface area (Å²) in [6.45, 7) is 0.968. The number of nitrogens with one attached hydrogen (secondary N) is 1. The highest BCUT2D eigenvalue weighted by Crippen LogP contribution is 2.27. The molecular weight excluding hydrogens is 528 g/mol. The fourth-order valence-corrected chi connectivity index (χ4v) is 5.17. The molecular formula is C28H25ClN2O6S. The summed E-state index contributed by atoms with van der Waals surface area (Å²) in [6.07, 6.45) is 1.38. The molecule has 4 rings (SSSR count). The number of sulfone groups is 1. The summed E-state index contributed by atoms with van der Waals surface area (Å²) in [5.74, 6) is -1.00. The van der Waals surface area contributed by atoms with Crippen molar-refractivity contribution >= 4 is 27.4 Å². The lowest BCUT2D eigenvalue weighted by atomic mass is 10.1. The second kappa shape index (κ2) is 12.2. The number of halogens is 1. The molecule has 0 aliphatic heterocycles. The molecule has 0 saturated carbocycles. The van der Waals surface area contributed by atoms with Crippen molar-refractivity contribution in [1.82, 2.24) is 10.3 Å². The van der Waals surface area contributed by atoms with Crippen molar-refractivity contribution in [1.29, 1.82) is 0 Å². The summed E-state index contributed by atoms with van der Waals surface area (Å²) in [7, 11) is -3.76. The maximum atomic E-state index is 13.1. The standard InChI is InChI=1S/C28H25ClN2O6S/c29-21-4-1-3-20(17-21)26(32)18-30-16-14-19-6-10-23(11-7-19)38(35,36)24-12-8-22(9-13-24)37-27-25(28(33)34)5-2-15-31-27/h1-13,15,17,26,30,32H,14,16,18H2,(H,33,34)/t26-/m1/s1. The van der Waals surface area contributed by atoms with Gasteiger partial charge in [-0.1, -0.05) is 35.9 Å². The molecule has 0 unspecified atom stereocenters. The molecule has 196 valence electrons. The van der Waals surface area contributed by atoms with E-state index in [1.54, 1.807) is 42.5 Å². The number of aliphatic hydroxyl groups is 1. The third kappa shape index (κ3) is 6.76. The lowest BCUT2D eigenvalue weighted by Crippen LogP contribution is -2.23. The van der Waals surface area contributed by atoms with Gasteiger partial charge in [0.25, 0.3) is 0 Å². The van der Waals surface area contributed by atoms with Crippen LogP contribution in [0.1, 0.15) is 27.6 Å². The number of rotatable bonds is 11. The molecule has 0 spiro atoms. The minimum atomic E-state index is -3.76. The lowest BCUT2D eigenvalue weighted by Gasteiger charge is -2.13. The Morgan fingerprint density at radius 1 is 0.974 bits per heavy atom. The van der Waals surface area contributed by atoms with Gasteiger partial charge in [-0.2, -0.15) is 0 Å². The van der Waals surface area contributed by atoms with Gasteiger partial charge in [0.1, 0.15) is 11.3 Å². The first-order valence-electron chi connectivity index (χ1n) is 11.7. The number of pyridine rings is 1. The normalized spacial score (nSPS) is 12.2. The Kier molecular flexibility index (Phi) is 8.75. The number of nitrogens with zero attached hydrogens (tertiary/aromatic N) is 1. The number of carbonyl (C=O) groups is 1. The summed E-state index contributed by atoms with van der Waals surface area (Å²) >= 11 is 5.97. The molecule has 0 radical (unpaired) electrons. The van der Waals surface area contributed by atoms with Crippen molar-refractivity contribution in [3.63, 3.8) is 0 Å². The largest absolute Gasteiger partial charge is 0.477 e. The average molecular weight is 553 g/mol. The van der Waals surface area contributed by atoms with E-state index in [-0.39, 0.29) is 27.0 Å². The van der Waals surface area contributed by atoms with Gasteiger partial charge in [0.15, 0.2) is 0 Å². The van der Waals surface area contributed by atoms with Crippen LogP contribution in [0.3, 0.4) is 0 Å². The molecule has 0 aliphatic rings. The zero-order chi connectivity index (χ0) is 27.1. The van der Waals surface area contributed by atoms with Crippen LogP contribution >= 0.6 is 11.6 Å². The van der Waals surface area contributed by atoms with Crippen molar-refractivity contribution in [3.8, 4) is 11.6 Å². The third-order valence-corrected chi connectivity index (χ3v) is 7.77. The fourth-order valence-electron chi connectivity index (χ4n) is 3.71. The van der Waals surface area contributed by atoms with Gasteiger partial charge in [-0.3, -0.25) is 0 Å². The van der Waals surface area contributed by atoms with Gasteiger partial charge >= 0.3 is 5.97 Å². The van der Waals surface area contributed by atoms with E-state index in [0.29, 0.717) is 24.5 Å². The van der Waals surface area contributed by atoms with Crippen LogP contribution in [0.5, 0.6) is 11.6 Å². The van der Waals surface area contributed by atoms with Gasteiger partial charge in [-0.15, -0.1) is 0 Å². The molecule has 0 saturated heterocycles. The number of ether oxygens (including phenoxy) is 1. The number of aromatic carboxylic acids is 1. The second-order valence-corrected chi connectivity index (χ2v) is 10.8. The van der Waals surface area contributed by atoms with Gasteiger partial charge in [0.05, 0.1) is 15.9 Å². The summed E-state index contributed by atoms with van der Waals surface area (Å²) < 4.78 is 31.7. The van der Waals surface area contributed by atoms with E-state index in [2.05, 4.69) is 10.3 Å². The van der Waals surface area contributed by atoms with Gasteiger partial charge < -0.3 is 20.3 Å². The Balaban J connectivity index is 1.34. The lowest BCUT2D eigenvalue weighted by molar-refractivity contribution is 0.0693. The highest BCUT2D eigenvalue weighted by Gasteiger charge is 2.18. The predicted octanol–water partition coefficient (Wildman–Crippen LogP) is 4.92. The summed E-state index contributed by atoms with van der Waals surface area (Å²) in [5, 5.41) is 23.3. The molecule has 38 heavy (non-hydrogen) atoms. The molecule has 1 aromatic heterocycles. The smallest absolute Gasteiger partial charge is 0.341 e. The maximum Gasteiger partial charge on any atom is 0.341 e. The number of benzene rings is 3. The molecule has 0 aliphatic carbocycles. The van der Waals surface area contributed by atoms with Crippen LogP contribution < -0.4 is 10.1 Å². The van der Waals surface area contributed by atoms with Crippen LogP contribution in [0, 0.1) is 0 Å². The fraction of sp³-hybridized carbons (Fsp3) is 0.143.